The molecule has 0 spiro atoms. The van der Waals surface area contributed by atoms with Gasteiger partial charge >= 0.3 is 0 Å². The topological polar surface area (TPSA) is 114 Å². The number of sulfonamides is 1. The fraction of sp³-hybridized carbons (Fsp3) is 0.308. The van der Waals surface area contributed by atoms with Crippen LogP contribution in [-0.4, -0.2) is 31.3 Å². The van der Waals surface area contributed by atoms with E-state index in [4.69, 9.17) is 4.42 Å². The summed E-state index contributed by atoms with van der Waals surface area (Å²) in [6, 6.07) is 2.66. The standard InChI is InChI=1S/C13H16N4O4S/c1-3-11-15-7-10(21-11)8-17-13(18)9-4-5-12(16-6-9)22(19,20)14-2/h4-7,14H,3,8H2,1-2H3,(H,17,18). The van der Waals surface area contributed by atoms with Crippen LogP contribution in [0.2, 0.25) is 0 Å². The number of amides is 1. The maximum absolute atomic E-state index is 11.9. The van der Waals surface area contributed by atoms with Gasteiger partial charge in [0.25, 0.3) is 15.9 Å². The second kappa shape index (κ2) is 6.67. The molecule has 9 heteroatoms. The molecular formula is C13H16N4O4S. The van der Waals surface area contributed by atoms with E-state index in [2.05, 4.69) is 20.0 Å². The van der Waals surface area contributed by atoms with Gasteiger partial charge in [-0.05, 0) is 19.2 Å². The molecule has 0 unspecified atom stereocenters. The lowest BCUT2D eigenvalue weighted by molar-refractivity contribution is 0.0947. The minimum absolute atomic E-state index is 0.144. The predicted molar refractivity (Wildman–Crippen MR) is 77.5 cm³/mol. The lowest BCUT2D eigenvalue weighted by atomic mass is 10.2. The number of pyridine rings is 1. The van der Waals surface area contributed by atoms with Crippen molar-refractivity contribution in [2.45, 2.75) is 24.9 Å². The van der Waals surface area contributed by atoms with Gasteiger partial charge in [0.2, 0.25) is 0 Å². The van der Waals surface area contributed by atoms with Crippen LogP contribution in [0.3, 0.4) is 0 Å². The van der Waals surface area contributed by atoms with Crippen molar-refractivity contribution in [3.8, 4) is 0 Å². The smallest absolute Gasteiger partial charge is 0.257 e. The molecule has 118 valence electrons. The molecule has 0 atom stereocenters. The highest BCUT2D eigenvalue weighted by Crippen LogP contribution is 2.07. The average molecular weight is 324 g/mol. The first-order valence-corrected chi connectivity index (χ1v) is 8.06. The van der Waals surface area contributed by atoms with Crippen LogP contribution in [0.4, 0.5) is 0 Å². The Hall–Kier alpha value is -2.26. The first kappa shape index (κ1) is 16.1. The van der Waals surface area contributed by atoms with Gasteiger partial charge in [-0.3, -0.25) is 4.79 Å². The lowest BCUT2D eigenvalue weighted by Crippen LogP contribution is -2.23. The van der Waals surface area contributed by atoms with Crippen molar-refractivity contribution < 1.29 is 17.6 Å². The largest absolute Gasteiger partial charge is 0.444 e. The molecule has 0 radical (unpaired) electrons. The number of hydrogen-bond acceptors (Lipinski definition) is 6. The molecule has 0 aliphatic rings. The van der Waals surface area contributed by atoms with E-state index in [9.17, 15) is 13.2 Å². The van der Waals surface area contributed by atoms with Gasteiger partial charge in [-0.2, -0.15) is 0 Å². The van der Waals surface area contributed by atoms with Gasteiger partial charge < -0.3 is 9.73 Å². The number of aryl methyl sites for hydroxylation is 1. The zero-order valence-corrected chi connectivity index (χ0v) is 13.0. The first-order valence-electron chi connectivity index (χ1n) is 6.57. The predicted octanol–water partition coefficient (Wildman–Crippen LogP) is 0.470. The number of aromatic nitrogens is 2. The average Bonchev–Trinajstić information content (AvgIpc) is 3.00. The van der Waals surface area contributed by atoms with Gasteiger partial charge in [0.15, 0.2) is 10.9 Å². The van der Waals surface area contributed by atoms with Crippen molar-refractivity contribution in [1.82, 2.24) is 20.0 Å². The van der Waals surface area contributed by atoms with Crippen LogP contribution in [0.25, 0.3) is 0 Å². The van der Waals surface area contributed by atoms with Crippen LogP contribution in [0.15, 0.2) is 34.0 Å². The third-order valence-corrected chi connectivity index (χ3v) is 4.20. The van der Waals surface area contributed by atoms with Crippen LogP contribution in [0, 0.1) is 0 Å². The second-order valence-corrected chi connectivity index (χ2v) is 6.18. The summed E-state index contributed by atoms with van der Waals surface area (Å²) in [5.41, 5.74) is 0.255. The Morgan fingerprint density at radius 1 is 1.27 bits per heavy atom. The quantitative estimate of drug-likeness (QED) is 0.798. The molecule has 2 heterocycles. The van der Waals surface area contributed by atoms with Gasteiger partial charge in [-0.1, -0.05) is 6.92 Å². The lowest BCUT2D eigenvalue weighted by Gasteiger charge is -2.04. The molecule has 0 aliphatic heterocycles. The third kappa shape index (κ3) is 3.68. The Kier molecular flexibility index (Phi) is 4.88. The molecule has 0 bridgehead atoms. The highest BCUT2D eigenvalue weighted by atomic mass is 32.2. The highest BCUT2D eigenvalue weighted by molar-refractivity contribution is 7.89. The van der Waals surface area contributed by atoms with Crippen molar-refractivity contribution in [3.63, 3.8) is 0 Å². The summed E-state index contributed by atoms with van der Waals surface area (Å²) < 4.78 is 30.6. The Morgan fingerprint density at radius 3 is 2.59 bits per heavy atom. The number of carbonyl (C=O) groups is 1. The van der Waals surface area contributed by atoms with Crippen LogP contribution in [0.1, 0.15) is 28.9 Å². The molecule has 0 saturated carbocycles. The SMILES string of the molecule is CCc1ncc(CNC(=O)c2ccc(S(=O)(=O)NC)nc2)o1. The Bertz CT molecular complexity index is 753. The van der Waals surface area contributed by atoms with E-state index >= 15 is 0 Å². The molecule has 8 nitrogen and oxygen atoms in total. The van der Waals surface area contributed by atoms with Crippen molar-refractivity contribution in [1.29, 1.82) is 0 Å². The number of rotatable bonds is 6. The normalized spacial score (nSPS) is 11.4. The van der Waals surface area contributed by atoms with Crippen molar-refractivity contribution >= 4 is 15.9 Å². The van der Waals surface area contributed by atoms with Gasteiger partial charge in [0, 0.05) is 12.6 Å². The van der Waals surface area contributed by atoms with Gasteiger partial charge in [-0.15, -0.1) is 0 Å². The second-order valence-electron chi connectivity index (χ2n) is 4.35. The molecule has 2 N–H and O–H groups in total. The van der Waals surface area contributed by atoms with Crippen molar-refractivity contribution in [2.24, 2.45) is 0 Å². The number of carbonyl (C=O) groups excluding carboxylic acids is 1. The van der Waals surface area contributed by atoms with E-state index in [-0.39, 0.29) is 23.0 Å². The van der Waals surface area contributed by atoms with E-state index in [1.165, 1.54) is 25.4 Å². The molecular weight excluding hydrogens is 308 g/mol. The molecule has 2 aromatic rings. The number of nitrogens with one attached hydrogen (secondary N) is 2. The van der Waals surface area contributed by atoms with E-state index in [1.54, 1.807) is 6.20 Å². The number of hydrogen-bond donors (Lipinski definition) is 2. The summed E-state index contributed by atoms with van der Waals surface area (Å²) in [6.45, 7) is 2.11. The molecule has 2 aromatic heterocycles. The maximum Gasteiger partial charge on any atom is 0.257 e. The molecule has 0 fully saturated rings. The molecule has 22 heavy (non-hydrogen) atoms. The molecule has 1 amide bonds. The molecule has 0 aliphatic carbocycles. The van der Waals surface area contributed by atoms with Gasteiger partial charge in [0.1, 0.15) is 5.76 Å². The Labute approximate surface area is 128 Å². The van der Waals surface area contributed by atoms with Gasteiger partial charge in [0.05, 0.1) is 18.3 Å². The van der Waals surface area contributed by atoms with Gasteiger partial charge in [-0.25, -0.2) is 23.1 Å². The minimum Gasteiger partial charge on any atom is -0.444 e. The minimum atomic E-state index is -3.61. The van der Waals surface area contributed by atoms with Crippen LogP contribution < -0.4 is 10.0 Å². The first-order chi connectivity index (χ1) is 10.5. The summed E-state index contributed by atoms with van der Waals surface area (Å²) in [5.74, 6) is 0.774. The van der Waals surface area contributed by atoms with Crippen molar-refractivity contribution in [3.05, 3.63) is 41.7 Å². The summed E-state index contributed by atoms with van der Waals surface area (Å²) >= 11 is 0. The number of oxazole rings is 1. The Balaban J connectivity index is 2.01. The fourth-order valence-corrected chi connectivity index (χ4v) is 2.29. The molecule has 2 rings (SSSR count). The highest BCUT2D eigenvalue weighted by Gasteiger charge is 2.14. The summed E-state index contributed by atoms with van der Waals surface area (Å²) in [7, 11) is -2.32. The molecule has 0 aromatic carbocycles. The summed E-state index contributed by atoms with van der Waals surface area (Å²) in [6.07, 6.45) is 3.44. The monoisotopic (exact) mass is 324 g/mol. The Morgan fingerprint density at radius 2 is 2.05 bits per heavy atom. The van der Waals surface area contributed by atoms with Crippen molar-refractivity contribution in [2.75, 3.05) is 7.05 Å². The third-order valence-electron chi connectivity index (χ3n) is 2.87. The number of nitrogens with zero attached hydrogens (tertiary/aromatic N) is 2. The fourth-order valence-electron chi connectivity index (χ4n) is 1.64. The van der Waals surface area contributed by atoms with E-state index in [0.29, 0.717) is 18.1 Å². The zero-order chi connectivity index (χ0) is 16.2. The van der Waals surface area contributed by atoms with E-state index in [1.807, 2.05) is 6.92 Å². The molecule has 0 saturated heterocycles. The van der Waals surface area contributed by atoms with Crippen LogP contribution in [-0.2, 0) is 23.0 Å². The van der Waals surface area contributed by atoms with E-state index < -0.39 is 10.0 Å². The maximum atomic E-state index is 11.9. The zero-order valence-electron chi connectivity index (χ0n) is 12.2. The summed E-state index contributed by atoms with van der Waals surface area (Å²) in [5, 5.41) is 2.50. The van der Waals surface area contributed by atoms with E-state index in [0.717, 1.165) is 0 Å². The van der Waals surface area contributed by atoms with Crippen LogP contribution in [0.5, 0.6) is 0 Å². The van der Waals surface area contributed by atoms with Crippen LogP contribution >= 0.6 is 0 Å². The summed E-state index contributed by atoms with van der Waals surface area (Å²) in [4.78, 5) is 19.7.